The summed E-state index contributed by atoms with van der Waals surface area (Å²) < 4.78 is 24.7. The zero-order valence-electron chi connectivity index (χ0n) is 9.17. The molecule has 0 saturated carbocycles. The Morgan fingerprint density at radius 3 is 3.00 bits per heavy atom. The van der Waals surface area contributed by atoms with Gasteiger partial charge >= 0.3 is 0 Å². The Morgan fingerprint density at radius 2 is 2.38 bits per heavy atom. The van der Waals surface area contributed by atoms with E-state index in [2.05, 4.69) is 4.98 Å². The average Bonchev–Trinajstić information content (AvgIpc) is 2.76. The number of hydrogen-bond acceptors (Lipinski definition) is 4. The van der Waals surface area contributed by atoms with Crippen LogP contribution in [0, 0.1) is 5.92 Å². The van der Waals surface area contributed by atoms with Gasteiger partial charge in [0.15, 0.2) is 9.84 Å². The van der Waals surface area contributed by atoms with Crippen LogP contribution in [0.4, 0.5) is 0 Å². The Hall–Kier alpha value is -0.880. The minimum Gasteiger partial charge on any atom is -0.334 e. The smallest absolute Gasteiger partial charge is 0.150 e. The van der Waals surface area contributed by atoms with Crippen LogP contribution in [0.2, 0.25) is 0 Å². The van der Waals surface area contributed by atoms with Crippen molar-refractivity contribution in [1.82, 2.24) is 9.55 Å². The Bertz CT molecular complexity index is 452. The number of sulfone groups is 1. The predicted octanol–water partition coefficient (Wildman–Crippen LogP) is -0.181. The largest absolute Gasteiger partial charge is 0.334 e. The third kappa shape index (κ3) is 2.62. The molecule has 1 aliphatic heterocycles. The van der Waals surface area contributed by atoms with Crippen molar-refractivity contribution in [2.24, 2.45) is 11.7 Å². The second kappa shape index (κ2) is 4.55. The standard InChI is InChI=1S/C10H17N3O2S/c11-2-4-13-5-3-12-10(13)7-9-1-6-16(14,15)8-9/h3,5,9H,1-2,4,6-8,11H2. The van der Waals surface area contributed by atoms with Gasteiger partial charge in [0.05, 0.1) is 11.5 Å². The van der Waals surface area contributed by atoms with Crippen LogP contribution in [0.5, 0.6) is 0 Å². The summed E-state index contributed by atoms with van der Waals surface area (Å²) in [6.07, 6.45) is 5.14. The van der Waals surface area contributed by atoms with Crippen LogP contribution in [0.1, 0.15) is 12.2 Å². The molecule has 1 fully saturated rings. The maximum atomic E-state index is 11.3. The van der Waals surface area contributed by atoms with Crippen molar-refractivity contribution in [3.05, 3.63) is 18.2 Å². The van der Waals surface area contributed by atoms with Crippen LogP contribution in [-0.4, -0.2) is 36.0 Å². The van der Waals surface area contributed by atoms with Gasteiger partial charge in [-0.05, 0) is 12.3 Å². The molecular weight excluding hydrogens is 226 g/mol. The Balaban J connectivity index is 2.02. The van der Waals surface area contributed by atoms with Crippen molar-refractivity contribution in [2.75, 3.05) is 18.1 Å². The third-order valence-corrected chi connectivity index (χ3v) is 4.81. The Morgan fingerprint density at radius 1 is 1.56 bits per heavy atom. The highest BCUT2D eigenvalue weighted by Crippen LogP contribution is 2.21. The van der Waals surface area contributed by atoms with E-state index < -0.39 is 9.84 Å². The summed E-state index contributed by atoms with van der Waals surface area (Å²) in [5.74, 6) is 1.81. The first-order valence-corrected chi connectivity index (χ1v) is 7.33. The molecule has 90 valence electrons. The predicted molar refractivity (Wildman–Crippen MR) is 61.7 cm³/mol. The van der Waals surface area contributed by atoms with Crippen LogP contribution in [0.25, 0.3) is 0 Å². The average molecular weight is 243 g/mol. The molecule has 0 spiro atoms. The van der Waals surface area contributed by atoms with Crippen LogP contribution >= 0.6 is 0 Å². The van der Waals surface area contributed by atoms with Crippen LogP contribution < -0.4 is 5.73 Å². The van der Waals surface area contributed by atoms with Crippen LogP contribution in [0.15, 0.2) is 12.4 Å². The molecule has 1 aromatic heterocycles. The summed E-state index contributed by atoms with van der Waals surface area (Å²) in [4.78, 5) is 4.26. The van der Waals surface area contributed by atoms with E-state index in [1.54, 1.807) is 6.20 Å². The summed E-state index contributed by atoms with van der Waals surface area (Å²) >= 11 is 0. The molecule has 1 atom stereocenters. The van der Waals surface area contributed by atoms with E-state index in [1.165, 1.54) is 0 Å². The van der Waals surface area contributed by atoms with E-state index in [4.69, 9.17) is 5.73 Å². The van der Waals surface area contributed by atoms with Gasteiger partial charge in [0, 0.05) is 31.9 Å². The van der Waals surface area contributed by atoms with Gasteiger partial charge in [-0.25, -0.2) is 13.4 Å². The molecule has 0 aliphatic carbocycles. The molecule has 0 aromatic carbocycles. The van der Waals surface area contributed by atoms with Gasteiger partial charge in [-0.15, -0.1) is 0 Å². The molecule has 1 saturated heterocycles. The van der Waals surface area contributed by atoms with Gasteiger partial charge in [-0.1, -0.05) is 0 Å². The molecule has 16 heavy (non-hydrogen) atoms. The first kappa shape index (κ1) is 11.6. The van der Waals surface area contributed by atoms with E-state index in [0.29, 0.717) is 18.1 Å². The topological polar surface area (TPSA) is 78.0 Å². The summed E-state index contributed by atoms with van der Waals surface area (Å²) in [6, 6.07) is 0. The van der Waals surface area contributed by atoms with Crippen molar-refractivity contribution < 1.29 is 8.42 Å². The molecule has 1 aromatic rings. The number of imidazole rings is 1. The molecule has 1 aliphatic rings. The fourth-order valence-corrected chi connectivity index (χ4v) is 4.03. The molecule has 5 nitrogen and oxygen atoms in total. The number of rotatable bonds is 4. The Labute approximate surface area is 95.6 Å². The lowest BCUT2D eigenvalue weighted by molar-refractivity contribution is 0.542. The fraction of sp³-hybridized carbons (Fsp3) is 0.700. The third-order valence-electron chi connectivity index (χ3n) is 2.97. The molecule has 1 unspecified atom stereocenters. The summed E-state index contributed by atoms with van der Waals surface area (Å²) in [7, 11) is -2.79. The van der Waals surface area contributed by atoms with E-state index >= 15 is 0 Å². The summed E-state index contributed by atoms with van der Waals surface area (Å²) in [5, 5.41) is 0. The SMILES string of the molecule is NCCn1ccnc1CC1CCS(=O)(=O)C1. The highest BCUT2D eigenvalue weighted by Gasteiger charge is 2.28. The molecule has 2 N–H and O–H groups in total. The zero-order chi connectivity index (χ0) is 11.6. The molecule has 6 heteroatoms. The molecule has 0 radical (unpaired) electrons. The van der Waals surface area contributed by atoms with Crippen molar-refractivity contribution >= 4 is 9.84 Å². The molecule has 0 bridgehead atoms. The lowest BCUT2D eigenvalue weighted by Crippen LogP contribution is -2.15. The Kier molecular flexibility index (Phi) is 3.30. The normalized spacial score (nSPS) is 23.7. The molecule has 2 rings (SSSR count). The first-order chi connectivity index (χ1) is 7.61. The maximum Gasteiger partial charge on any atom is 0.150 e. The second-order valence-corrected chi connectivity index (χ2v) is 6.53. The lowest BCUT2D eigenvalue weighted by Gasteiger charge is -2.09. The summed E-state index contributed by atoms with van der Waals surface area (Å²) in [5.41, 5.74) is 5.50. The number of aromatic nitrogens is 2. The van der Waals surface area contributed by atoms with Gasteiger partial charge in [-0.2, -0.15) is 0 Å². The number of hydrogen-bond donors (Lipinski definition) is 1. The van der Waals surface area contributed by atoms with Gasteiger partial charge in [0.1, 0.15) is 5.82 Å². The molecule has 0 amide bonds. The zero-order valence-corrected chi connectivity index (χ0v) is 9.99. The van der Waals surface area contributed by atoms with Gasteiger partial charge < -0.3 is 10.3 Å². The van der Waals surface area contributed by atoms with E-state index in [0.717, 1.165) is 25.2 Å². The van der Waals surface area contributed by atoms with Crippen molar-refractivity contribution in [2.45, 2.75) is 19.4 Å². The van der Waals surface area contributed by atoms with Gasteiger partial charge in [-0.3, -0.25) is 0 Å². The first-order valence-electron chi connectivity index (χ1n) is 5.51. The minimum atomic E-state index is -2.79. The number of nitrogens with two attached hydrogens (primary N) is 1. The highest BCUT2D eigenvalue weighted by atomic mass is 32.2. The van der Waals surface area contributed by atoms with Crippen molar-refractivity contribution in [3.63, 3.8) is 0 Å². The van der Waals surface area contributed by atoms with E-state index in [9.17, 15) is 8.42 Å². The molecular formula is C10H17N3O2S. The second-order valence-electron chi connectivity index (χ2n) is 4.30. The number of nitrogens with zero attached hydrogens (tertiary/aromatic N) is 2. The summed E-state index contributed by atoms with van der Waals surface area (Å²) in [6.45, 7) is 1.32. The van der Waals surface area contributed by atoms with Crippen LogP contribution in [-0.2, 0) is 22.8 Å². The molecule has 2 heterocycles. The lowest BCUT2D eigenvalue weighted by atomic mass is 10.1. The minimum absolute atomic E-state index is 0.226. The van der Waals surface area contributed by atoms with E-state index in [1.807, 2.05) is 10.8 Å². The van der Waals surface area contributed by atoms with Gasteiger partial charge in [0.2, 0.25) is 0 Å². The van der Waals surface area contributed by atoms with E-state index in [-0.39, 0.29) is 5.92 Å². The fourth-order valence-electron chi connectivity index (χ4n) is 2.16. The van der Waals surface area contributed by atoms with Crippen LogP contribution in [0.3, 0.4) is 0 Å². The van der Waals surface area contributed by atoms with Crippen molar-refractivity contribution in [1.29, 1.82) is 0 Å². The van der Waals surface area contributed by atoms with Gasteiger partial charge in [0.25, 0.3) is 0 Å². The monoisotopic (exact) mass is 243 g/mol. The van der Waals surface area contributed by atoms with Crippen molar-refractivity contribution in [3.8, 4) is 0 Å². The maximum absolute atomic E-state index is 11.3. The quantitative estimate of drug-likeness (QED) is 0.795. The highest BCUT2D eigenvalue weighted by molar-refractivity contribution is 7.91.